The van der Waals surface area contributed by atoms with Crippen molar-refractivity contribution >= 4 is 17.8 Å². The minimum absolute atomic E-state index is 0.0637. The van der Waals surface area contributed by atoms with Crippen LogP contribution in [-0.4, -0.2) is 85.0 Å². The van der Waals surface area contributed by atoms with Gasteiger partial charge in [-0.15, -0.1) is 0 Å². The van der Waals surface area contributed by atoms with Gasteiger partial charge in [0, 0.05) is 20.6 Å². The lowest BCUT2D eigenvalue weighted by Gasteiger charge is -2.33. The Labute approximate surface area is 159 Å². The molecule has 146 valence electrons. The van der Waals surface area contributed by atoms with Crippen LogP contribution in [0.15, 0.2) is 24.3 Å². The van der Waals surface area contributed by atoms with Crippen LogP contribution < -0.4 is 10.1 Å². The van der Waals surface area contributed by atoms with Gasteiger partial charge in [0.05, 0.1) is 19.1 Å². The van der Waals surface area contributed by atoms with Crippen molar-refractivity contribution < 1.29 is 19.1 Å². The van der Waals surface area contributed by atoms with Crippen LogP contribution in [0.3, 0.4) is 0 Å². The molecule has 1 N–H and O–H groups in total. The van der Waals surface area contributed by atoms with Crippen molar-refractivity contribution in [3.8, 4) is 5.75 Å². The van der Waals surface area contributed by atoms with E-state index in [1.54, 1.807) is 23.9 Å². The molecule has 0 unspecified atom stereocenters. The molecule has 1 aromatic carbocycles. The molecule has 27 heavy (non-hydrogen) atoms. The summed E-state index contributed by atoms with van der Waals surface area (Å²) in [5.41, 5.74) is 1.16. The minimum atomic E-state index is -0.461. The zero-order valence-electron chi connectivity index (χ0n) is 16.0. The number of piperazine rings is 1. The number of nitrogens with one attached hydrogen (secondary N) is 1. The fourth-order valence-electron chi connectivity index (χ4n) is 3.40. The van der Waals surface area contributed by atoms with Crippen LogP contribution in [0.2, 0.25) is 0 Å². The summed E-state index contributed by atoms with van der Waals surface area (Å²) in [6.45, 7) is 3.31. The molecule has 2 atom stereocenters. The second-order valence-corrected chi connectivity index (χ2v) is 7.22. The molecule has 3 rings (SSSR count). The van der Waals surface area contributed by atoms with Gasteiger partial charge in [-0.1, -0.05) is 17.7 Å². The number of nitrogens with zero attached hydrogens (tertiary/aromatic N) is 3. The fourth-order valence-corrected chi connectivity index (χ4v) is 3.40. The van der Waals surface area contributed by atoms with E-state index in [9.17, 15) is 14.4 Å². The van der Waals surface area contributed by atoms with E-state index in [2.05, 4.69) is 5.32 Å². The fraction of sp³-hybridized carbons (Fsp3) is 0.526. The van der Waals surface area contributed by atoms with Gasteiger partial charge in [-0.05, 0) is 25.5 Å². The van der Waals surface area contributed by atoms with Crippen molar-refractivity contribution in [1.82, 2.24) is 20.0 Å². The number of aryl methyl sites for hydroxylation is 1. The number of urea groups is 1. The average molecular weight is 374 g/mol. The van der Waals surface area contributed by atoms with E-state index >= 15 is 0 Å². The first-order chi connectivity index (χ1) is 12.8. The topological polar surface area (TPSA) is 82.2 Å². The van der Waals surface area contributed by atoms with Crippen molar-refractivity contribution in [2.24, 2.45) is 0 Å². The zero-order valence-corrected chi connectivity index (χ0v) is 16.0. The first-order valence-electron chi connectivity index (χ1n) is 9.10. The number of carbonyl (C=O) groups excluding carboxylic acids is 3. The quantitative estimate of drug-likeness (QED) is 0.812. The van der Waals surface area contributed by atoms with Crippen molar-refractivity contribution in [1.29, 1.82) is 0 Å². The van der Waals surface area contributed by atoms with E-state index in [0.717, 1.165) is 11.3 Å². The smallest absolute Gasteiger partial charge is 0.317 e. The number of hydrogen-bond acceptors (Lipinski definition) is 4. The molecular weight excluding hydrogens is 348 g/mol. The van der Waals surface area contributed by atoms with Gasteiger partial charge in [0.15, 0.2) is 0 Å². The van der Waals surface area contributed by atoms with Gasteiger partial charge in [-0.3, -0.25) is 9.59 Å². The van der Waals surface area contributed by atoms with Gasteiger partial charge in [0.2, 0.25) is 11.8 Å². The lowest BCUT2D eigenvalue weighted by Crippen LogP contribution is -2.56. The highest BCUT2D eigenvalue weighted by molar-refractivity contribution is 5.95. The Bertz CT molecular complexity index is 721. The molecule has 2 fully saturated rings. The molecule has 0 spiro atoms. The largest absolute Gasteiger partial charge is 0.492 e. The van der Waals surface area contributed by atoms with E-state index < -0.39 is 6.04 Å². The molecule has 0 aliphatic carbocycles. The maximum atomic E-state index is 12.4. The lowest BCUT2D eigenvalue weighted by atomic mass is 10.1. The third kappa shape index (κ3) is 4.32. The number of benzene rings is 1. The predicted molar refractivity (Wildman–Crippen MR) is 99.4 cm³/mol. The zero-order chi connectivity index (χ0) is 19.6. The first kappa shape index (κ1) is 19.0. The molecule has 2 aliphatic rings. The average Bonchev–Trinajstić information content (AvgIpc) is 3.06. The van der Waals surface area contributed by atoms with Gasteiger partial charge in [-0.2, -0.15) is 0 Å². The number of fused-ring (bicyclic) bond motifs is 1. The van der Waals surface area contributed by atoms with Gasteiger partial charge in [0.1, 0.15) is 18.4 Å². The summed E-state index contributed by atoms with van der Waals surface area (Å²) in [5.74, 6) is 0.633. The Hall–Kier alpha value is -2.77. The predicted octanol–water partition coefficient (Wildman–Crippen LogP) is 0.457. The molecular formula is C19H26N4O4. The molecule has 2 saturated heterocycles. The van der Waals surface area contributed by atoms with E-state index in [1.165, 1.54) is 4.90 Å². The highest BCUT2D eigenvalue weighted by Gasteiger charge is 2.45. The normalized spacial score (nSPS) is 21.9. The number of hydrogen-bond donors (Lipinski definition) is 1. The summed E-state index contributed by atoms with van der Waals surface area (Å²) in [6.07, 6.45) is 0.453. The van der Waals surface area contributed by atoms with Gasteiger partial charge in [0.25, 0.3) is 0 Å². The maximum Gasteiger partial charge on any atom is 0.317 e. The summed E-state index contributed by atoms with van der Waals surface area (Å²) in [6, 6.07) is 6.82. The van der Waals surface area contributed by atoms with E-state index in [4.69, 9.17) is 4.74 Å². The summed E-state index contributed by atoms with van der Waals surface area (Å²) in [7, 11) is 3.32. The molecule has 0 aromatic heterocycles. The van der Waals surface area contributed by atoms with Crippen LogP contribution >= 0.6 is 0 Å². The molecule has 8 heteroatoms. The maximum absolute atomic E-state index is 12.4. The second-order valence-electron chi connectivity index (χ2n) is 7.22. The van der Waals surface area contributed by atoms with Crippen molar-refractivity contribution in [3.63, 3.8) is 0 Å². The Kier molecular flexibility index (Phi) is 5.53. The summed E-state index contributed by atoms with van der Waals surface area (Å²) < 4.78 is 5.64. The van der Waals surface area contributed by atoms with Crippen molar-refractivity contribution in [3.05, 3.63) is 29.8 Å². The standard InChI is InChI=1S/C19H26N4O4/c1-13-4-6-15(7-5-13)27-9-8-21(2)19(26)20-14-10-16-18(25)22(3)12-17(24)23(16)11-14/h4-7,14,16H,8-12H2,1-3H3,(H,20,26)/t14-,16+/m1/s1. The summed E-state index contributed by atoms with van der Waals surface area (Å²) in [5, 5.41) is 2.91. The van der Waals surface area contributed by atoms with Crippen LogP contribution in [0.25, 0.3) is 0 Å². The Balaban J connectivity index is 1.45. The molecule has 0 saturated carbocycles. The molecule has 0 bridgehead atoms. The van der Waals surface area contributed by atoms with E-state index in [0.29, 0.717) is 26.1 Å². The van der Waals surface area contributed by atoms with Crippen LogP contribution in [0.5, 0.6) is 5.75 Å². The van der Waals surface area contributed by atoms with Crippen LogP contribution in [-0.2, 0) is 9.59 Å². The van der Waals surface area contributed by atoms with Crippen molar-refractivity contribution in [2.75, 3.05) is 40.3 Å². The Morgan fingerprint density at radius 1 is 1.30 bits per heavy atom. The molecule has 8 nitrogen and oxygen atoms in total. The molecule has 1 aromatic rings. The summed E-state index contributed by atoms with van der Waals surface area (Å²) >= 11 is 0. The van der Waals surface area contributed by atoms with E-state index in [-0.39, 0.29) is 30.4 Å². The number of likely N-dealkylation sites (N-methyl/N-ethyl adjacent to an activating group) is 2. The van der Waals surface area contributed by atoms with Gasteiger partial charge in [-0.25, -0.2) is 4.79 Å². The minimum Gasteiger partial charge on any atom is -0.492 e. The van der Waals surface area contributed by atoms with E-state index in [1.807, 2.05) is 31.2 Å². The number of ether oxygens (including phenoxy) is 1. The summed E-state index contributed by atoms with van der Waals surface area (Å²) in [4.78, 5) is 41.2. The Morgan fingerprint density at radius 2 is 2.00 bits per heavy atom. The SMILES string of the molecule is Cc1ccc(OCCN(C)C(=O)N[C@@H]2C[C@H]3C(=O)N(C)CC(=O)N3C2)cc1. The Morgan fingerprint density at radius 3 is 2.70 bits per heavy atom. The molecule has 2 aliphatic heterocycles. The molecule has 2 heterocycles. The number of amides is 4. The van der Waals surface area contributed by atoms with Crippen LogP contribution in [0.4, 0.5) is 4.79 Å². The molecule has 0 radical (unpaired) electrons. The van der Waals surface area contributed by atoms with Crippen molar-refractivity contribution in [2.45, 2.75) is 25.4 Å². The number of rotatable bonds is 5. The van der Waals surface area contributed by atoms with Gasteiger partial charge < -0.3 is 24.8 Å². The van der Waals surface area contributed by atoms with Gasteiger partial charge >= 0.3 is 6.03 Å². The van der Waals surface area contributed by atoms with Crippen LogP contribution in [0, 0.1) is 6.92 Å². The molecule has 4 amide bonds. The highest BCUT2D eigenvalue weighted by atomic mass is 16.5. The first-order valence-corrected chi connectivity index (χ1v) is 9.10. The third-order valence-corrected chi connectivity index (χ3v) is 5.05. The third-order valence-electron chi connectivity index (χ3n) is 5.05. The monoisotopic (exact) mass is 374 g/mol. The highest BCUT2D eigenvalue weighted by Crippen LogP contribution is 2.23. The lowest BCUT2D eigenvalue weighted by molar-refractivity contribution is -0.152. The number of carbonyl (C=O) groups is 3. The van der Waals surface area contributed by atoms with Crippen LogP contribution in [0.1, 0.15) is 12.0 Å². The second kappa shape index (κ2) is 7.85.